The van der Waals surface area contributed by atoms with Gasteiger partial charge in [0.05, 0.1) is 0 Å². The van der Waals surface area contributed by atoms with Gasteiger partial charge in [0.25, 0.3) is 0 Å². The number of nitrogens with two attached hydrogens (primary N) is 1. The molecule has 1 fully saturated rings. The van der Waals surface area contributed by atoms with Gasteiger partial charge in [-0.05, 0) is 25.2 Å². The monoisotopic (exact) mass is 198 g/mol. The molecule has 1 unspecified atom stereocenters. The highest BCUT2D eigenvalue weighted by atomic mass is 15.2. The van der Waals surface area contributed by atoms with Crippen LogP contribution in [0.25, 0.3) is 0 Å². The molecule has 0 aromatic rings. The van der Waals surface area contributed by atoms with Crippen molar-refractivity contribution in [3.05, 3.63) is 0 Å². The summed E-state index contributed by atoms with van der Waals surface area (Å²) in [6.07, 6.45) is 12.3. The second-order valence-electron chi connectivity index (χ2n) is 4.73. The van der Waals surface area contributed by atoms with Crippen molar-refractivity contribution in [2.75, 3.05) is 0 Å². The maximum absolute atomic E-state index is 5.54. The lowest BCUT2D eigenvalue weighted by molar-refractivity contribution is 0.421. The third-order valence-corrected chi connectivity index (χ3v) is 3.26. The molecule has 1 saturated carbocycles. The zero-order valence-electron chi connectivity index (χ0n) is 9.60. The summed E-state index contributed by atoms with van der Waals surface area (Å²) >= 11 is 0. The average molecular weight is 198 g/mol. The van der Waals surface area contributed by atoms with Gasteiger partial charge in [-0.1, -0.05) is 45.4 Å². The molecule has 0 aliphatic heterocycles. The molecule has 2 nitrogen and oxygen atoms in total. The number of hydrogen-bond acceptors (Lipinski definition) is 2. The predicted molar refractivity (Wildman–Crippen MR) is 61.8 cm³/mol. The largest absolute Gasteiger partial charge is 0.271 e. The molecule has 0 spiro atoms. The van der Waals surface area contributed by atoms with E-state index in [1.54, 1.807) is 0 Å². The third kappa shape index (κ3) is 5.61. The van der Waals surface area contributed by atoms with Crippen LogP contribution < -0.4 is 11.3 Å². The molecule has 0 aromatic carbocycles. The Kier molecular flexibility index (Phi) is 6.20. The highest BCUT2D eigenvalue weighted by Gasteiger charge is 2.21. The van der Waals surface area contributed by atoms with E-state index < -0.39 is 0 Å². The molecule has 14 heavy (non-hydrogen) atoms. The van der Waals surface area contributed by atoms with Gasteiger partial charge >= 0.3 is 0 Å². The van der Waals surface area contributed by atoms with Crippen LogP contribution in [0, 0.1) is 5.92 Å². The van der Waals surface area contributed by atoms with Crippen LogP contribution in [0.3, 0.4) is 0 Å². The molecule has 0 heterocycles. The fraction of sp³-hybridized carbons (Fsp3) is 1.00. The van der Waals surface area contributed by atoms with E-state index >= 15 is 0 Å². The van der Waals surface area contributed by atoms with Crippen LogP contribution in [-0.2, 0) is 0 Å². The van der Waals surface area contributed by atoms with E-state index in [1.807, 2.05) is 0 Å². The lowest BCUT2D eigenvalue weighted by atomic mass is 10.0. The summed E-state index contributed by atoms with van der Waals surface area (Å²) in [4.78, 5) is 0. The van der Waals surface area contributed by atoms with E-state index in [0.29, 0.717) is 6.04 Å². The Morgan fingerprint density at radius 3 is 2.57 bits per heavy atom. The maximum Gasteiger partial charge on any atom is 0.0210 e. The molecular weight excluding hydrogens is 172 g/mol. The predicted octanol–water partition coefficient (Wildman–Crippen LogP) is 2.98. The van der Waals surface area contributed by atoms with Crippen molar-refractivity contribution in [3.8, 4) is 0 Å². The van der Waals surface area contributed by atoms with Crippen LogP contribution in [0.2, 0.25) is 0 Å². The van der Waals surface area contributed by atoms with Gasteiger partial charge in [-0.15, -0.1) is 0 Å². The summed E-state index contributed by atoms with van der Waals surface area (Å²) in [5.74, 6) is 6.59. The summed E-state index contributed by atoms with van der Waals surface area (Å²) < 4.78 is 0. The molecule has 1 aliphatic rings. The minimum Gasteiger partial charge on any atom is -0.271 e. The van der Waals surface area contributed by atoms with Gasteiger partial charge in [-0.2, -0.15) is 0 Å². The van der Waals surface area contributed by atoms with Crippen LogP contribution in [-0.4, -0.2) is 6.04 Å². The zero-order chi connectivity index (χ0) is 10.2. The normalized spacial score (nSPS) is 18.4. The average Bonchev–Trinajstić information content (AvgIpc) is 3.01. The van der Waals surface area contributed by atoms with E-state index in [9.17, 15) is 0 Å². The Bertz CT molecular complexity index is 132. The topological polar surface area (TPSA) is 38.0 Å². The number of hydrogen-bond donors (Lipinski definition) is 2. The SMILES string of the molecule is CCCCCCC(CCC1CC1)NN. The van der Waals surface area contributed by atoms with Gasteiger partial charge in [0.1, 0.15) is 0 Å². The fourth-order valence-electron chi connectivity index (χ4n) is 1.97. The Hall–Kier alpha value is -0.0800. The van der Waals surface area contributed by atoms with Gasteiger partial charge in [-0.25, -0.2) is 0 Å². The van der Waals surface area contributed by atoms with Gasteiger partial charge < -0.3 is 0 Å². The quantitative estimate of drug-likeness (QED) is 0.339. The van der Waals surface area contributed by atoms with E-state index in [-0.39, 0.29) is 0 Å². The van der Waals surface area contributed by atoms with Crippen molar-refractivity contribution < 1.29 is 0 Å². The van der Waals surface area contributed by atoms with Crippen molar-refractivity contribution >= 4 is 0 Å². The van der Waals surface area contributed by atoms with Gasteiger partial charge in [0.15, 0.2) is 0 Å². The highest BCUT2D eigenvalue weighted by molar-refractivity contribution is 4.75. The number of nitrogens with one attached hydrogen (secondary N) is 1. The van der Waals surface area contributed by atoms with Crippen LogP contribution in [0.5, 0.6) is 0 Å². The van der Waals surface area contributed by atoms with Crippen molar-refractivity contribution in [1.82, 2.24) is 5.43 Å². The molecule has 0 amide bonds. The number of hydrazine groups is 1. The Morgan fingerprint density at radius 2 is 2.00 bits per heavy atom. The second kappa shape index (κ2) is 7.24. The maximum atomic E-state index is 5.54. The van der Waals surface area contributed by atoms with Crippen molar-refractivity contribution in [2.45, 2.75) is 70.8 Å². The molecule has 1 aliphatic carbocycles. The van der Waals surface area contributed by atoms with Crippen LogP contribution in [0.4, 0.5) is 0 Å². The van der Waals surface area contributed by atoms with Gasteiger partial charge in [0.2, 0.25) is 0 Å². The molecule has 0 saturated heterocycles. The summed E-state index contributed by atoms with van der Waals surface area (Å²) in [6, 6.07) is 0.576. The first-order chi connectivity index (χ1) is 6.86. The lowest BCUT2D eigenvalue weighted by Gasteiger charge is -2.15. The van der Waals surface area contributed by atoms with Gasteiger partial charge in [-0.3, -0.25) is 11.3 Å². The number of unbranched alkanes of at least 4 members (excludes halogenated alkanes) is 3. The minimum absolute atomic E-state index is 0.576. The molecular formula is C12H26N2. The van der Waals surface area contributed by atoms with Crippen molar-refractivity contribution in [1.29, 1.82) is 0 Å². The molecule has 0 aromatic heterocycles. The lowest BCUT2D eigenvalue weighted by Crippen LogP contribution is -2.35. The van der Waals surface area contributed by atoms with Crippen LogP contribution in [0.15, 0.2) is 0 Å². The molecule has 2 heteroatoms. The van der Waals surface area contributed by atoms with Gasteiger partial charge in [0, 0.05) is 6.04 Å². The molecule has 0 bridgehead atoms. The van der Waals surface area contributed by atoms with Crippen molar-refractivity contribution in [2.24, 2.45) is 11.8 Å². The summed E-state index contributed by atoms with van der Waals surface area (Å²) in [5, 5.41) is 0. The standard InChI is InChI=1S/C12H26N2/c1-2-3-4-5-6-12(14-13)10-9-11-7-8-11/h11-12,14H,2-10,13H2,1H3. The molecule has 3 N–H and O–H groups in total. The van der Waals surface area contributed by atoms with Crippen LogP contribution >= 0.6 is 0 Å². The van der Waals surface area contributed by atoms with Crippen molar-refractivity contribution in [3.63, 3.8) is 0 Å². The highest BCUT2D eigenvalue weighted by Crippen LogP contribution is 2.34. The van der Waals surface area contributed by atoms with E-state index in [4.69, 9.17) is 5.84 Å². The van der Waals surface area contributed by atoms with E-state index in [2.05, 4.69) is 12.3 Å². The summed E-state index contributed by atoms with van der Waals surface area (Å²) in [5.41, 5.74) is 2.96. The first kappa shape index (κ1) is 12.0. The van der Waals surface area contributed by atoms with E-state index in [1.165, 1.54) is 57.8 Å². The molecule has 1 atom stereocenters. The second-order valence-corrected chi connectivity index (χ2v) is 4.73. The fourth-order valence-corrected chi connectivity index (χ4v) is 1.97. The Labute approximate surface area is 88.6 Å². The smallest absolute Gasteiger partial charge is 0.0210 e. The molecule has 84 valence electrons. The third-order valence-electron chi connectivity index (χ3n) is 3.26. The Balaban J connectivity index is 1.93. The Morgan fingerprint density at radius 1 is 1.21 bits per heavy atom. The van der Waals surface area contributed by atoms with Crippen LogP contribution in [0.1, 0.15) is 64.7 Å². The zero-order valence-corrected chi connectivity index (χ0v) is 9.60. The first-order valence-corrected chi connectivity index (χ1v) is 6.33. The summed E-state index contributed by atoms with van der Waals surface area (Å²) in [6.45, 7) is 2.26. The summed E-state index contributed by atoms with van der Waals surface area (Å²) in [7, 11) is 0. The van der Waals surface area contributed by atoms with E-state index in [0.717, 1.165) is 5.92 Å². The minimum atomic E-state index is 0.576. The first-order valence-electron chi connectivity index (χ1n) is 6.33. The molecule has 1 rings (SSSR count). The molecule has 0 radical (unpaired) electrons. The number of rotatable bonds is 9.